The molecule has 0 amide bonds. The van der Waals surface area contributed by atoms with Gasteiger partial charge in [-0.3, -0.25) is 0 Å². The number of hydrogen-bond donors (Lipinski definition) is 0. The Hall–Kier alpha value is -2.72. The Morgan fingerprint density at radius 3 is 1.86 bits per heavy atom. The Morgan fingerprint density at radius 1 is 0.800 bits per heavy atom. The first-order valence-corrected chi connectivity index (χ1v) is 14.6. The van der Waals surface area contributed by atoms with Gasteiger partial charge in [0.05, 0.1) is 13.2 Å². The van der Waals surface area contributed by atoms with Crippen molar-refractivity contribution in [3.05, 3.63) is 120 Å². The predicted molar refractivity (Wildman–Crippen MR) is 152 cm³/mol. The van der Waals surface area contributed by atoms with Crippen LogP contribution in [0.25, 0.3) is 0 Å². The summed E-state index contributed by atoms with van der Waals surface area (Å²) in [5.41, 5.74) is 2.43. The van der Waals surface area contributed by atoms with Crippen molar-refractivity contribution in [1.29, 1.82) is 0 Å². The average molecular weight is 485 g/mol. The van der Waals surface area contributed by atoms with Gasteiger partial charge >= 0.3 is 0 Å². The Bertz CT molecular complexity index is 1010. The number of benzene rings is 3. The Labute approximate surface area is 213 Å². The fourth-order valence-corrected chi connectivity index (χ4v) is 9.02. The molecule has 0 fully saturated rings. The van der Waals surface area contributed by atoms with E-state index in [4.69, 9.17) is 9.16 Å². The first-order chi connectivity index (χ1) is 17.0. The largest absolute Gasteiger partial charge is 0.403 e. The molecule has 3 aromatic carbocycles. The molecule has 3 aromatic rings. The molecule has 0 aliphatic rings. The smallest absolute Gasteiger partial charge is 0.261 e. The first kappa shape index (κ1) is 26.9. The van der Waals surface area contributed by atoms with Crippen molar-refractivity contribution in [3.8, 4) is 0 Å². The van der Waals surface area contributed by atoms with E-state index in [0.29, 0.717) is 13.2 Å². The molecule has 0 bridgehead atoms. The molecule has 0 aliphatic carbocycles. The molecule has 0 radical (unpaired) electrons. The van der Waals surface area contributed by atoms with Gasteiger partial charge in [-0.25, -0.2) is 0 Å². The van der Waals surface area contributed by atoms with Crippen LogP contribution in [0.4, 0.5) is 0 Å². The molecular formula is C32H40O2Si. The molecule has 0 saturated heterocycles. The van der Waals surface area contributed by atoms with Crippen molar-refractivity contribution in [2.45, 2.75) is 52.2 Å². The molecular weight excluding hydrogens is 444 g/mol. The fourth-order valence-electron chi connectivity index (χ4n) is 4.48. The van der Waals surface area contributed by atoms with Crippen LogP contribution in [0.1, 0.15) is 46.1 Å². The normalized spacial score (nSPS) is 12.9. The number of rotatable bonds is 12. The third-order valence-corrected chi connectivity index (χ3v) is 11.3. The van der Waals surface area contributed by atoms with Gasteiger partial charge < -0.3 is 9.16 Å². The summed E-state index contributed by atoms with van der Waals surface area (Å²) in [5, 5.41) is 2.61. The lowest BCUT2D eigenvalue weighted by atomic mass is 10.2. The van der Waals surface area contributed by atoms with Crippen LogP contribution in [0, 0.1) is 0 Å². The Kier molecular flexibility index (Phi) is 10.3. The van der Waals surface area contributed by atoms with Crippen LogP contribution in [0.3, 0.4) is 0 Å². The summed E-state index contributed by atoms with van der Waals surface area (Å²) < 4.78 is 12.9. The highest BCUT2D eigenvalue weighted by Crippen LogP contribution is 2.37. The van der Waals surface area contributed by atoms with E-state index in [1.54, 1.807) is 0 Å². The highest BCUT2D eigenvalue weighted by molar-refractivity contribution is 6.99. The number of allylic oxidation sites excluding steroid dienone is 2. The van der Waals surface area contributed by atoms with Crippen LogP contribution < -0.4 is 10.4 Å². The van der Waals surface area contributed by atoms with Crippen molar-refractivity contribution in [2.24, 2.45) is 0 Å². The number of ether oxygens (including phenoxy) is 1. The van der Waals surface area contributed by atoms with Crippen molar-refractivity contribution in [2.75, 3.05) is 13.2 Å². The molecule has 0 unspecified atom stereocenters. The van der Waals surface area contributed by atoms with Crippen LogP contribution in [0.2, 0.25) is 5.04 Å². The third kappa shape index (κ3) is 7.38. The van der Waals surface area contributed by atoms with E-state index in [1.165, 1.54) is 21.5 Å². The van der Waals surface area contributed by atoms with Crippen molar-refractivity contribution in [3.63, 3.8) is 0 Å². The monoisotopic (exact) mass is 484 g/mol. The number of unbranched alkanes of at least 4 members (excludes halogenated alkanes) is 1. The molecule has 0 N–H and O–H groups in total. The zero-order chi connectivity index (χ0) is 25.0. The predicted octanol–water partition coefficient (Wildman–Crippen LogP) is 7.06. The number of hydrogen-bond acceptors (Lipinski definition) is 2. The second-order valence-electron chi connectivity index (χ2n) is 9.90. The summed E-state index contributed by atoms with van der Waals surface area (Å²) in [5.74, 6) is 0. The quantitative estimate of drug-likeness (QED) is 0.156. The van der Waals surface area contributed by atoms with Gasteiger partial charge in [-0.2, -0.15) is 0 Å². The van der Waals surface area contributed by atoms with Gasteiger partial charge in [0, 0.05) is 6.61 Å². The van der Waals surface area contributed by atoms with Gasteiger partial charge in [-0.05, 0) is 46.3 Å². The standard InChI is InChI=1S/C32H40O2Si/c1-5-28(18-12-9-17-25-33-26-29-19-10-6-11-20-29)27-34-35(32(2,3)4,30-21-13-7-14-22-30)31-23-15-8-16-24-31/h5-8,10-16,18-24H,9,17,25-27H2,1-4H3/b18-12+,28-5-. The molecule has 3 rings (SSSR count). The lowest BCUT2D eigenvalue weighted by molar-refractivity contribution is 0.119. The molecule has 0 saturated carbocycles. The summed E-state index contributed by atoms with van der Waals surface area (Å²) in [4.78, 5) is 0. The highest BCUT2D eigenvalue weighted by Gasteiger charge is 2.50. The molecule has 2 nitrogen and oxygen atoms in total. The molecule has 35 heavy (non-hydrogen) atoms. The Balaban J connectivity index is 1.64. The lowest BCUT2D eigenvalue weighted by Crippen LogP contribution is -2.66. The maximum Gasteiger partial charge on any atom is 0.261 e. The van der Waals surface area contributed by atoms with Crippen LogP contribution in [-0.4, -0.2) is 21.5 Å². The molecule has 0 atom stereocenters. The molecule has 0 spiro atoms. The van der Waals surface area contributed by atoms with Crippen LogP contribution in [-0.2, 0) is 15.8 Å². The second kappa shape index (κ2) is 13.4. The minimum atomic E-state index is -2.52. The Morgan fingerprint density at radius 2 is 1.34 bits per heavy atom. The van der Waals surface area contributed by atoms with E-state index in [2.05, 4.69) is 131 Å². The zero-order valence-corrected chi connectivity index (χ0v) is 22.7. The SMILES string of the molecule is C/C=C(/C=C/CCCOCc1ccccc1)CO[Si](c1ccccc1)(c1ccccc1)C(C)(C)C. The van der Waals surface area contributed by atoms with E-state index < -0.39 is 8.32 Å². The van der Waals surface area contributed by atoms with E-state index >= 15 is 0 Å². The van der Waals surface area contributed by atoms with E-state index in [-0.39, 0.29) is 5.04 Å². The van der Waals surface area contributed by atoms with Crippen molar-refractivity contribution in [1.82, 2.24) is 0 Å². The van der Waals surface area contributed by atoms with Gasteiger partial charge in [-0.15, -0.1) is 0 Å². The molecule has 184 valence electrons. The van der Waals surface area contributed by atoms with Crippen LogP contribution in [0.15, 0.2) is 115 Å². The van der Waals surface area contributed by atoms with Crippen molar-refractivity contribution < 1.29 is 9.16 Å². The maximum atomic E-state index is 7.06. The van der Waals surface area contributed by atoms with Gasteiger partial charge in [0.2, 0.25) is 0 Å². The summed E-state index contributed by atoms with van der Waals surface area (Å²) in [6, 6.07) is 32.0. The molecule has 0 aromatic heterocycles. The van der Waals surface area contributed by atoms with Gasteiger partial charge in [0.25, 0.3) is 8.32 Å². The van der Waals surface area contributed by atoms with Gasteiger partial charge in [-0.1, -0.05) is 130 Å². The summed E-state index contributed by atoms with van der Waals surface area (Å²) >= 11 is 0. The minimum absolute atomic E-state index is 0.0195. The topological polar surface area (TPSA) is 18.5 Å². The summed E-state index contributed by atoms with van der Waals surface area (Å²) in [6.07, 6.45) is 8.63. The van der Waals surface area contributed by atoms with Gasteiger partial charge in [0.15, 0.2) is 0 Å². The highest BCUT2D eigenvalue weighted by atomic mass is 28.4. The molecule has 0 heterocycles. The van der Waals surface area contributed by atoms with E-state index in [0.717, 1.165) is 19.4 Å². The second-order valence-corrected chi connectivity index (χ2v) is 14.2. The maximum absolute atomic E-state index is 7.06. The molecule has 3 heteroatoms. The minimum Gasteiger partial charge on any atom is -0.403 e. The van der Waals surface area contributed by atoms with Crippen LogP contribution >= 0.6 is 0 Å². The van der Waals surface area contributed by atoms with Crippen molar-refractivity contribution >= 4 is 18.7 Å². The third-order valence-electron chi connectivity index (χ3n) is 6.35. The summed E-state index contributed by atoms with van der Waals surface area (Å²) in [6.45, 7) is 11.1. The van der Waals surface area contributed by atoms with Gasteiger partial charge in [0.1, 0.15) is 0 Å². The van der Waals surface area contributed by atoms with E-state index in [9.17, 15) is 0 Å². The first-order valence-electron chi connectivity index (χ1n) is 12.7. The summed E-state index contributed by atoms with van der Waals surface area (Å²) in [7, 11) is -2.52. The van der Waals surface area contributed by atoms with E-state index in [1.807, 2.05) is 6.07 Å². The molecule has 0 aliphatic heterocycles. The lowest BCUT2D eigenvalue weighted by Gasteiger charge is -2.43. The zero-order valence-electron chi connectivity index (χ0n) is 21.7. The average Bonchev–Trinajstić information content (AvgIpc) is 2.88. The fraction of sp³-hybridized carbons (Fsp3) is 0.312. The van der Waals surface area contributed by atoms with Crippen LogP contribution in [0.5, 0.6) is 0 Å².